The molecular formula is C15H18FNO3. The summed E-state index contributed by atoms with van der Waals surface area (Å²) < 4.78 is 13.3. The molecule has 0 spiro atoms. The Morgan fingerprint density at radius 2 is 1.85 bits per heavy atom. The van der Waals surface area contributed by atoms with E-state index in [0.717, 1.165) is 0 Å². The van der Waals surface area contributed by atoms with E-state index in [-0.39, 0.29) is 5.91 Å². The molecule has 1 N–H and O–H groups in total. The Labute approximate surface area is 117 Å². The van der Waals surface area contributed by atoms with Gasteiger partial charge >= 0.3 is 5.97 Å². The number of carbonyl (C=O) groups excluding carboxylic acids is 1. The number of piperidine rings is 1. The summed E-state index contributed by atoms with van der Waals surface area (Å²) in [6.07, 6.45) is 0.838. The number of rotatable bonds is 2. The van der Waals surface area contributed by atoms with Gasteiger partial charge in [-0.05, 0) is 50.5 Å². The Morgan fingerprint density at radius 1 is 1.25 bits per heavy atom. The molecule has 1 aromatic rings. The van der Waals surface area contributed by atoms with Gasteiger partial charge in [-0.25, -0.2) is 4.39 Å². The van der Waals surface area contributed by atoms with E-state index in [1.54, 1.807) is 24.8 Å². The van der Waals surface area contributed by atoms with Crippen molar-refractivity contribution in [3.05, 3.63) is 35.1 Å². The third-order valence-corrected chi connectivity index (χ3v) is 3.96. The van der Waals surface area contributed by atoms with Gasteiger partial charge in [-0.15, -0.1) is 0 Å². The van der Waals surface area contributed by atoms with Crippen LogP contribution < -0.4 is 0 Å². The summed E-state index contributed by atoms with van der Waals surface area (Å²) in [6, 6.07) is 4.24. The molecule has 1 aliphatic heterocycles. The standard InChI is InChI=1S/C15H18FNO3/c1-10-7-11(9-12(16)8-10)13(18)17-5-3-15(2,4-6-17)14(19)20/h7-9H,3-6H2,1-2H3,(H,19,20). The summed E-state index contributed by atoms with van der Waals surface area (Å²) in [5.41, 5.74) is 0.247. The van der Waals surface area contributed by atoms with Crippen molar-refractivity contribution in [2.75, 3.05) is 13.1 Å². The second-order valence-electron chi connectivity index (χ2n) is 5.68. The van der Waals surface area contributed by atoms with Crippen LogP contribution in [0.15, 0.2) is 18.2 Å². The summed E-state index contributed by atoms with van der Waals surface area (Å²) in [5, 5.41) is 9.16. The molecule has 0 bridgehead atoms. The highest BCUT2D eigenvalue weighted by molar-refractivity contribution is 5.94. The second-order valence-corrected chi connectivity index (χ2v) is 5.68. The van der Waals surface area contributed by atoms with E-state index in [1.165, 1.54) is 12.1 Å². The van der Waals surface area contributed by atoms with Gasteiger partial charge in [0, 0.05) is 18.7 Å². The van der Waals surface area contributed by atoms with Gasteiger partial charge in [0.2, 0.25) is 0 Å². The Hall–Kier alpha value is -1.91. The minimum absolute atomic E-state index is 0.236. The van der Waals surface area contributed by atoms with Crippen molar-refractivity contribution >= 4 is 11.9 Å². The number of carboxylic acid groups (broad SMARTS) is 1. The number of aryl methyl sites for hydroxylation is 1. The molecular weight excluding hydrogens is 261 g/mol. The fraction of sp³-hybridized carbons (Fsp3) is 0.467. The Morgan fingerprint density at radius 3 is 2.35 bits per heavy atom. The molecule has 2 rings (SSSR count). The summed E-state index contributed by atoms with van der Waals surface area (Å²) in [7, 11) is 0. The number of nitrogens with zero attached hydrogens (tertiary/aromatic N) is 1. The smallest absolute Gasteiger partial charge is 0.309 e. The molecule has 1 amide bonds. The average molecular weight is 279 g/mol. The lowest BCUT2D eigenvalue weighted by Gasteiger charge is -2.36. The fourth-order valence-electron chi connectivity index (χ4n) is 2.46. The van der Waals surface area contributed by atoms with E-state index in [1.807, 2.05) is 0 Å². The molecule has 0 aliphatic carbocycles. The third kappa shape index (κ3) is 2.81. The SMILES string of the molecule is Cc1cc(F)cc(C(=O)N2CCC(C)(C(=O)O)CC2)c1. The number of benzene rings is 1. The number of amides is 1. The highest BCUT2D eigenvalue weighted by Gasteiger charge is 2.38. The van der Waals surface area contributed by atoms with E-state index in [9.17, 15) is 14.0 Å². The number of hydrogen-bond donors (Lipinski definition) is 1. The van der Waals surface area contributed by atoms with Crippen LogP contribution in [-0.4, -0.2) is 35.0 Å². The van der Waals surface area contributed by atoms with E-state index in [4.69, 9.17) is 5.11 Å². The summed E-state index contributed by atoms with van der Waals surface area (Å²) in [5.74, 6) is -1.49. The first-order chi connectivity index (χ1) is 9.32. The van der Waals surface area contributed by atoms with Gasteiger partial charge in [0.1, 0.15) is 5.82 Å². The van der Waals surface area contributed by atoms with Crippen molar-refractivity contribution in [3.63, 3.8) is 0 Å². The van der Waals surface area contributed by atoms with E-state index in [0.29, 0.717) is 37.1 Å². The molecule has 5 heteroatoms. The lowest BCUT2D eigenvalue weighted by molar-refractivity contribution is -0.150. The number of aliphatic carboxylic acids is 1. The molecule has 0 radical (unpaired) electrons. The lowest BCUT2D eigenvalue weighted by Crippen LogP contribution is -2.45. The van der Waals surface area contributed by atoms with E-state index < -0.39 is 17.2 Å². The lowest BCUT2D eigenvalue weighted by atomic mass is 9.80. The van der Waals surface area contributed by atoms with Crippen molar-refractivity contribution in [1.29, 1.82) is 0 Å². The van der Waals surface area contributed by atoms with Crippen LogP contribution in [0, 0.1) is 18.2 Å². The van der Waals surface area contributed by atoms with Crippen molar-refractivity contribution in [2.24, 2.45) is 5.41 Å². The average Bonchev–Trinajstić information content (AvgIpc) is 2.37. The maximum absolute atomic E-state index is 13.3. The molecule has 1 aromatic carbocycles. The van der Waals surface area contributed by atoms with Crippen molar-refractivity contribution in [3.8, 4) is 0 Å². The largest absolute Gasteiger partial charge is 0.481 e. The van der Waals surface area contributed by atoms with Crippen LogP contribution in [-0.2, 0) is 4.79 Å². The van der Waals surface area contributed by atoms with Crippen LogP contribution >= 0.6 is 0 Å². The molecule has 20 heavy (non-hydrogen) atoms. The molecule has 1 saturated heterocycles. The van der Waals surface area contributed by atoms with Crippen LogP contribution in [0.5, 0.6) is 0 Å². The number of carboxylic acids is 1. The summed E-state index contributed by atoms with van der Waals surface area (Å²) in [4.78, 5) is 25.1. The molecule has 0 atom stereocenters. The zero-order valence-electron chi connectivity index (χ0n) is 11.6. The molecule has 1 aliphatic rings. The number of likely N-dealkylation sites (tertiary alicyclic amines) is 1. The highest BCUT2D eigenvalue weighted by Crippen LogP contribution is 2.31. The van der Waals surface area contributed by atoms with Gasteiger partial charge in [-0.3, -0.25) is 9.59 Å². The van der Waals surface area contributed by atoms with E-state index >= 15 is 0 Å². The Bertz CT molecular complexity index is 528. The van der Waals surface area contributed by atoms with Gasteiger partial charge in [0.15, 0.2) is 0 Å². The Balaban J connectivity index is 2.10. The first-order valence-electron chi connectivity index (χ1n) is 6.62. The first kappa shape index (κ1) is 14.5. The third-order valence-electron chi connectivity index (χ3n) is 3.96. The van der Waals surface area contributed by atoms with Crippen LogP contribution in [0.25, 0.3) is 0 Å². The minimum atomic E-state index is -0.828. The maximum atomic E-state index is 13.3. The molecule has 4 nitrogen and oxygen atoms in total. The normalized spacial score (nSPS) is 17.9. The number of halogens is 1. The van der Waals surface area contributed by atoms with Crippen molar-refractivity contribution < 1.29 is 19.1 Å². The first-order valence-corrected chi connectivity index (χ1v) is 6.62. The van der Waals surface area contributed by atoms with Crippen LogP contribution in [0.4, 0.5) is 4.39 Å². The zero-order chi connectivity index (χ0) is 14.9. The molecule has 108 valence electrons. The quantitative estimate of drug-likeness (QED) is 0.904. The van der Waals surface area contributed by atoms with Gasteiger partial charge < -0.3 is 10.0 Å². The van der Waals surface area contributed by atoms with Gasteiger partial charge in [-0.1, -0.05) is 0 Å². The second kappa shape index (κ2) is 5.23. The van der Waals surface area contributed by atoms with Gasteiger partial charge in [0.25, 0.3) is 5.91 Å². The Kier molecular flexibility index (Phi) is 3.79. The zero-order valence-corrected chi connectivity index (χ0v) is 11.6. The summed E-state index contributed by atoms with van der Waals surface area (Å²) in [6.45, 7) is 4.20. The number of hydrogen-bond acceptors (Lipinski definition) is 2. The molecule has 0 aromatic heterocycles. The minimum Gasteiger partial charge on any atom is -0.481 e. The van der Waals surface area contributed by atoms with Crippen LogP contribution in [0.1, 0.15) is 35.7 Å². The molecule has 0 unspecified atom stereocenters. The van der Waals surface area contributed by atoms with Gasteiger partial charge in [0.05, 0.1) is 5.41 Å². The van der Waals surface area contributed by atoms with Gasteiger partial charge in [-0.2, -0.15) is 0 Å². The summed E-state index contributed by atoms with van der Waals surface area (Å²) >= 11 is 0. The molecule has 0 saturated carbocycles. The van der Waals surface area contributed by atoms with Crippen molar-refractivity contribution in [2.45, 2.75) is 26.7 Å². The predicted molar refractivity (Wildman–Crippen MR) is 72.0 cm³/mol. The predicted octanol–water partition coefficient (Wildman–Crippen LogP) is 2.46. The van der Waals surface area contributed by atoms with Crippen molar-refractivity contribution in [1.82, 2.24) is 4.90 Å². The van der Waals surface area contributed by atoms with Crippen LogP contribution in [0.3, 0.4) is 0 Å². The maximum Gasteiger partial charge on any atom is 0.309 e. The monoisotopic (exact) mass is 279 g/mol. The fourth-order valence-corrected chi connectivity index (χ4v) is 2.46. The molecule has 1 heterocycles. The van der Waals surface area contributed by atoms with E-state index in [2.05, 4.69) is 0 Å². The number of carbonyl (C=O) groups is 2. The highest BCUT2D eigenvalue weighted by atomic mass is 19.1. The van der Waals surface area contributed by atoms with Crippen LogP contribution in [0.2, 0.25) is 0 Å². The molecule has 1 fully saturated rings. The topological polar surface area (TPSA) is 57.6 Å².